The van der Waals surface area contributed by atoms with Crippen molar-refractivity contribution in [2.24, 2.45) is 5.92 Å². The van der Waals surface area contributed by atoms with Gasteiger partial charge in [0.05, 0.1) is 17.6 Å². The minimum absolute atomic E-state index is 0.168. The second-order valence-corrected chi connectivity index (χ2v) is 8.18. The van der Waals surface area contributed by atoms with Crippen LogP contribution >= 0.6 is 0 Å². The van der Waals surface area contributed by atoms with Crippen molar-refractivity contribution in [1.82, 2.24) is 19.6 Å². The summed E-state index contributed by atoms with van der Waals surface area (Å²) in [4.78, 5) is 26.0. The molecule has 1 aromatic carbocycles. The molecule has 152 valence electrons. The van der Waals surface area contributed by atoms with E-state index in [-0.39, 0.29) is 23.1 Å². The van der Waals surface area contributed by atoms with Gasteiger partial charge < -0.3 is 5.32 Å². The molecule has 0 spiro atoms. The molecule has 7 heteroatoms. The van der Waals surface area contributed by atoms with Gasteiger partial charge >= 0.3 is 0 Å². The SMILES string of the molecule is CC(C)Cn1nc(C(=O)Nc2ccnn2C2CCCCC2)c2ccccc2c1=O. The van der Waals surface area contributed by atoms with Crippen LogP contribution in [-0.2, 0) is 6.54 Å². The monoisotopic (exact) mass is 393 g/mol. The molecule has 1 saturated carbocycles. The van der Waals surface area contributed by atoms with Gasteiger partial charge in [0.15, 0.2) is 5.69 Å². The maximum absolute atomic E-state index is 13.2. The number of fused-ring (bicyclic) bond motifs is 1. The van der Waals surface area contributed by atoms with E-state index in [1.165, 1.54) is 23.9 Å². The van der Waals surface area contributed by atoms with Crippen LogP contribution in [0, 0.1) is 5.92 Å². The molecule has 0 aliphatic heterocycles. The Morgan fingerprint density at radius 3 is 2.59 bits per heavy atom. The molecule has 1 N–H and O–H groups in total. The third-order valence-electron chi connectivity index (χ3n) is 5.45. The summed E-state index contributed by atoms with van der Waals surface area (Å²) in [6.45, 7) is 4.50. The Labute approximate surface area is 169 Å². The molecule has 0 bridgehead atoms. The molecule has 3 aromatic rings. The highest BCUT2D eigenvalue weighted by Crippen LogP contribution is 2.30. The first-order valence-electron chi connectivity index (χ1n) is 10.4. The molecule has 1 aliphatic rings. The first-order valence-corrected chi connectivity index (χ1v) is 10.4. The summed E-state index contributed by atoms with van der Waals surface area (Å²) in [5, 5.41) is 12.9. The number of aromatic nitrogens is 4. The Morgan fingerprint density at radius 1 is 1.14 bits per heavy atom. The summed E-state index contributed by atoms with van der Waals surface area (Å²) in [7, 11) is 0. The maximum Gasteiger partial charge on any atom is 0.277 e. The van der Waals surface area contributed by atoms with Crippen LogP contribution in [-0.4, -0.2) is 25.5 Å². The van der Waals surface area contributed by atoms with Crippen LogP contribution in [0.1, 0.15) is 62.5 Å². The highest BCUT2D eigenvalue weighted by atomic mass is 16.2. The van der Waals surface area contributed by atoms with Crippen molar-refractivity contribution in [2.45, 2.75) is 58.5 Å². The summed E-state index contributed by atoms with van der Waals surface area (Å²) >= 11 is 0. The van der Waals surface area contributed by atoms with E-state index in [0.717, 1.165) is 12.8 Å². The van der Waals surface area contributed by atoms with E-state index in [2.05, 4.69) is 15.5 Å². The number of anilines is 1. The Kier molecular flexibility index (Phi) is 5.47. The van der Waals surface area contributed by atoms with Crippen LogP contribution in [0.4, 0.5) is 5.82 Å². The number of nitrogens with zero attached hydrogens (tertiary/aromatic N) is 4. The third-order valence-corrected chi connectivity index (χ3v) is 5.45. The normalized spacial score (nSPS) is 15.1. The molecule has 29 heavy (non-hydrogen) atoms. The molecule has 0 unspecified atom stereocenters. The molecule has 0 atom stereocenters. The number of benzene rings is 1. The standard InChI is InChI=1S/C22H27N5O2/c1-15(2)14-26-22(29)18-11-7-6-10-17(18)20(25-26)21(28)24-19-12-13-23-27(19)16-8-4-3-5-9-16/h6-7,10-13,15-16H,3-5,8-9,14H2,1-2H3,(H,24,28). The first-order chi connectivity index (χ1) is 14.0. The molecule has 7 nitrogen and oxygen atoms in total. The summed E-state index contributed by atoms with van der Waals surface area (Å²) in [5.41, 5.74) is 0.0929. The molecule has 1 aliphatic carbocycles. The first kappa shape index (κ1) is 19.4. The van der Waals surface area contributed by atoms with Gasteiger partial charge in [-0.2, -0.15) is 10.2 Å². The zero-order valence-corrected chi connectivity index (χ0v) is 17.0. The number of carbonyl (C=O) groups is 1. The van der Waals surface area contributed by atoms with Crippen molar-refractivity contribution in [2.75, 3.05) is 5.32 Å². The fraction of sp³-hybridized carbons (Fsp3) is 0.455. The van der Waals surface area contributed by atoms with E-state index in [0.29, 0.717) is 29.2 Å². The maximum atomic E-state index is 13.2. The molecular weight excluding hydrogens is 366 g/mol. The van der Waals surface area contributed by atoms with Gasteiger partial charge in [0, 0.05) is 18.0 Å². The number of hydrogen-bond acceptors (Lipinski definition) is 4. The molecule has 1 amide bonds. The second-order valence-electron chi connectivity index (χ2n) is 8.18. The average molecular weight is 393 g/mol. The fourth-order valence-electron chi connectivity index (χ4n) is 4.08. The van der Waals surface area contributed by atoms with Crippen molar-refractivity contribution in [3.8, 4) is 0 Å². The molecule has 4 rings (SSSR count). The summed E-state index contributed by atoms with van der Waals surface area (Å²) in [5.74, 6) is 0.593. The topological polar surface area (TPSA) is 81.8 Å². The summed E-state index contributed by atoms with van der Waals surface area (Å²) in [6, 6.07) is 9.28. The van der Waals surface area contributed by atoms with Gasteiger partial charge in [-0.25, -0.2) is 9.36 Å². The number of hydrogen-bond donors (Lipinski definition) is 1. The van der Waals surface area contributed by atoms with Crippen molar-refractivity contribution in [3.05, 3.63) is 52.6 Å². The highest BCUT2D eigenvalue weighted by molar-refractivity contribution is 6.10. The zero-order valence-electron chi connectivity index (χ0n) is 17.0. The lowest BCUT2D eigenvalue weighted by molar-refractivity contribution is 0.102. The Hall–Kier alpha value is -2.96. The van der Waals surface area contributed by atoms with Gasteiger partial charge in [-0.05, 0) is 24.8 Å². The van der Waals surface area contributed by atoms with Crippen LogP contribution in [0.25, 0.3) is 10.8 Å². The summed E-state index contributed by atoms with van der Waals surface area (Å²) < 4.78 is 3.32. The minimum Gasteiger partial charge on any atom is -0.305 e. The smallest absolute Gasteiger partial charge is 0.277 e. The third kappa shape index (κ3) is 3.95. The molecule has 2 heterocycles. The molecule has 0 saturated heterocycles. The molecule has 2 aromatic heterocycles. The average Bonchev–Trinajstić information content (AvgIpc) is 3.18. The Balaban J connectivity index is 1.70. The van der Waals surface area contributed by atoms with Gasteiger partial charge in [-0.1, -0.05) is 51.3 Å². The van der Waals surface area contributed by atoms with Crippen LogP contribution in [0.3, 0.4) is 0 Å². The van der Waals surface area contributed by atoms with E-state index < -0.39 is 0 Å². The highest BCUT2D eigenvalue weighted by Gasteiger charge is 2.22. The predicted molar refractivity (Wildman–Crippen MR) is 113 cm³/mol. The van der Waals surface area contributed by atoms with Crippen LogP contribution < -0.4 is 10.9 Å². The number of rotatable bonds is 5. The van der Waals surface area contributed by atoms with Gasteiger partial charge in [-0.15, -0.1) is 0 Å². The zero-order chi connectivity index (χ0) is 20.4. The number of carbonyl (C=O) groups excluding carboxylic acids is 1. The largest absolute Gasteiger partial charge is 0.305 e. The van der Waals surface area contributed by atoms with E-state index in [9.17, 15) is 9.59 Å². The Morgan fingerprint density at radius 2 is 1.86 bits per heavy atom. The number of nitrogens with one attached hydrogen (secondary N) is 1. The van der Waals surface area contributed by atoms with Crippen LogP contribution in [0.2, 0.25) is 0 Å². The van der Waals surface area contributed by atoms with E-state index in [1.54, 1.807) is 18.3 Å². The van der Waals surface area contributed by atoms with Gasteiger partial charge in [0.2, 0.25) is 0 Å². The van der Waals surface area contributed by atoms with Crippen LogP contribution in [0.15, 0.2) is 41.3 Å². The van der Waals surface area contributed by atoms with Crippen molar-refractivity contribution < 1.29 is 4.79 Å². The lowest BCUT2D eigenvalue weighted by atomic mass is 9.96. The Bertz CT molecular complexity index is 1080. The quantitative estimate of drug-likeness (QED) is 0.710. The summed E-state index contributed by atoms with van der Waals surface area (Å²) in [6.07, 6.45) is 7.49. The van der Waals surface area contributed by atoms with Gasteiger partial charge in [0.1, 0.15) is 5.82 Å². The second kappa shape index (κ2) is 8.19. The lowest BCUT2D eigenvalue weighted by Gasteiger charge is -2.24. The van der Waals surface area contributed by atoms with E-state index >= 15 is 0 Å². The molecule has 1 fully saturated rings. The van der Waals surface area contributed by atoms with E-state index in [4.69, 9.17) is 0 Å². The van der Waals surface area contributed by atoms with Crippen molar-refractivity contribution in [3.63, 3.8) is 0 Å². The molecule has 0 radical (unpaired) electrons. The van der Waals surface area contributed by atoms with Gasteiger partial charge in [-0.3, -0.25) is 9.59 Å². The van der Waals surface area contributed by atoms with Crippen LogP contribution in [0.5, 0.6) is 0 Å². The van der Waals surface area contributed by atoms with Crippen molar-refractivity contribution in [1.29, 1.82) is 0 Å². The number of amides is 1. The van der Waals surface area contributed by atoms with Gasteiger partial charge in [0.25, 0.3) is 11.5 Å². The fourth-order valence-corrected chi connectivity index (χ4v) is 4.08. The minimum atomic E-state index is -0.323. The predicted octanol–water partition coefficient (Wildman–Crippen LogP) is 4.01. The lowest BCUT2D eigenvalue weighted by Crippen LogP contribution is -2.29. The van der Waals surface area contributed by atoms with E-state index in [1.807, 2.05) is 36.7 Å². The molecular formula is C22H27N5O2. The van der Waals surface area contributed by atoms with Crippen molar-refractivity contribution >= 4 is 22.5 Å².